The summed E-state index contributed by atoms with van der Waals surface area (Å²) in [5.41, 5.74) is 4.85. The fraction of sp³-hybridized carbons (Fsp3) is 0.409. The number of amides is 1. The van der Waals surface area contributed by atoms with Gasteiger partial charge in [0.1, 0.15) is 11.5 Å². The molecule has 7 nitrogen and oxygen atoms in total. The van der Waals surface area contributed by atoms with E-state index < -0.39 is 0 Å². The molecule has 2 heterocycles. The number of aromatic nitrogens is 3. The average molecular weight is 394 g/mol. The topological polar surface area (TPSA) is 82.2 Å². The summed E-state index contributed by atoms with van der Waals surface area (Å²) in [5.74, 6) is 1.96. The number of ether oxygens (including phenoxy) is 1. The Kier molecular flexibility index (Phi) is 5.13. The Morgan fingerprint density at radius 2 is 2.07 bits per heavy atom. The third kappa shape index (κ3) is 3.77. The van der Waals surface area contributed by atoms with Crippen molar-refractivity contribution in [2.75, 3.05) is 12.4 Å². The zero-order valence-corrected chi connectivity index (χ0v) is 17.3. The summed E-state index contributed by atoms with van der Waals surface area (Å²) in [6.45, 7) is 6.66. The lowest BCUT2D eigenvalue weighted by Gasteiger charge is -2.16. The maximum Gasteiger partial charge on any atom is 0.278 e. The van der Waals surface area contributed by atoms with Crippen LogP contribution in [0.4, 0.5) is 5.69 Å². The first-order chi connectivity index (χ1) is 14.0. The first-order valence-corrected chi connectivity index (χ1v) is 9.92. The number of methoxy groups -OCH3 is 1. The van der Waals surface area contributed by atoms with E-state index in [0.717, 1.165) is 59.0 Å². The lowest BCUT2D eigenvalue weighted by Crippen LogP contribution is -2.18. The van der Waals surface area contributed by atoms with Gasteiger partial charge >= 0.3 is 0 Å². The van der Waals surface area contributed by atoms with Crippen molar-refractivity contribution >= 4 is 11.6 Å². The Morgan fingerprint density at radius 3 is 2.79 bits per heavy atom. The molecule has 1 amide bonds. The second-order valence-corrected chi connectivity index (χ2v) is 7.79. The Balaban J connectivity index is 1.54. The summed E-state index contributed by atoms with van der Waals surface area (Å²) in [4.78, 5) is 12.9. The van der Waals surface area contributed by atoms with Crippen LogP contribution < -0.4 is 10.1 Å². The van der Waals surface area contributed by atoms with Crippen molar-refractivity contribution in [1.82, 2.24) is 14.9 Å². The molecule has 0 spiro atoms. The molecule has 0 aliphatic heterocycles. The Morgan fingerprint density at radius 1 is 1.31 bits per heavy atom. The maximum absolute atomic E-state index is 12.9. The molecule has 1 aromatic carbocycles. The van der Waals surface area contributed by atoms with Gasteiger partial charge in [-0.05, 0) is 50.3 Å². The molecular weight excluding hydrogens is 368 g/mol. The number of benzene rings is 1. The monoisotopic (exact) mass is 394 g/mol. The number of nitrogens with one attached hydrogen (secondary N) is 1. The largest absolute Gasteiger partial charge is 0.497 e. The predicted octanol–water partition coefficient (Wildman–Crippen LogP) is 3.92. The van der Waals surface area contributed by atoms with Crippen LogP contribution >= 0.6 is 0 Å². The summed E-state index contributed by atoms with van der Waals surface area (Å²) in [6, 6.07) is 7.88. The smallest absolute Gasteiger partial charge is 0.278 e. The van der Waals surface area contributed by atoms with E-state index in [0.29, 0.717) is 18.2 Å². The van der Waals surface area contributed by atoms with Crippen LogP contribution in [0.5, 0.6) is 5.75 Å². The quantitative estimate of drug-likeness (QED) is 0.709. The molecule has 7 heteroatoms. The van der Waals surface area contributed by atoms with Crippen LogP contribution in [0.2, 0.25) is 0 Å². The number of hydrogen-bond acceptors (Lipinski definition) is 5. The van der Waals surface area contributed by atoms with Crippen LogP contribution in [0.15, 0.2) is 28.8 Å². The van der Waals surface area contributed by atoms with Gasteiger partial charge in [0.2, 0.25) is 0 Å². The standard InChI is InChI=1S/C22H26N4O3/c1-13-5-10-19-18(11-13)21(25-29-19)22(27)23-20-14(2)24-26(15(20)3)12-16-6-8-17(28-4)9-7-16/h6-9,13H,5,10-12H2,1-4H3,(H,23,27). The molecule has 0 saturated carbocycles. The highest BCUT2D eigenvalue weighted by Crippen LogP contribution is 2.29. The third-order valence-electron chi connectivity index (χ3n) is 5.61. The highest BCUT2D eigenvalue weighted by molar-refractivity contribution is 6.04. The zero-order chi connectivity index (χ0) is 20.5. The highest BCUT2D eigenvalue weighted by Gasteiger charge is 2.28. The minimum Gasteiger partial charge on any atom is -0.497 e. The third-order valence-corrected chi connectivity index (χ3v) is 5.61. The van der Waals surface area contributed by atoms with Gasteiger partial charge < -0.3 is 14.6 Å². The van der Waals surface area contributed by atoms with Crippen molar-refractivity contribution < 1.29 is 14.1 Å². The van der Waals surface area contributed by atoms with Gasteiger partial charge in [0.15, 0.2) is 5.69 Å². The fourth-order valence-electron chi connectivity index (χ4n) is 3.86. The SMILES string of the molecule is COc1ccc(Cn2nc(C)c(NC(=O)c3noc4c3CC(C)CC4)c2C)cc1. The molecule has 0 bridgehead atoms. The summed E-state index contributed by atoms with van der Waals surface area (Å²) >= 11 is 0. The second kappa shape index (κ2) is 7.73. The van der Waals surface area contributed by atoms with Gasteiger partial charge in [0, 0.05) is 12.0 Å². The Labute approximate surface area is 170 Å². The Hall–Kier alpha value is -3.09. The number of fused-ring (bicyclic) bond motifs is 1. The molecule has 2 aromatic heterocycles. The number of carbonyl (C=O) groups excluding carboxylic acids is 1. The first kappa shape index (κ1) is 19.2. The number of carbonyl (C=O) groups is 1. The van der Waals surface area contributed by atoms with E-state index in [2.05, 4.69) is 22.5 Å². The molecule has 1 unspecified atom stereocenters. The van der Waals surface area contributed by atoms with Crippen LogP contribution in [0.1, 0.15) is 52.1 Å². The molecule has 0 saturated heterocycles. The molecule has 1 N–H and O–H groups in total. The lowest BCUT2D eigenvalue weighted by molar-refractivity contribution is 0.101. The van der Waals surface area contributed by atoms with Crippen molar-refractivity contribution in [3.63, 3.8) is 0 Å². The van der Waals surface area contributed by atoms with Gasteiger partial charge in [0.25, 0.3) is 5.91 Å². The van der Waals surface area contributed by atoms with Gasteiger partial charge in [-0.25, -0.2) is 0 Å². The van der Waals surface area contributed by atoms with E-state index in [1.807, 2.05) is 42.8 Å². The summed E-state index contributed by atoms with van der Waals surface area (Å²) in [5, 5.41) is 11.7. The van der Waals surface area contributed by atoms with Gasteiger partial charge in [-0.2, -0.15) is 5.10 Å². The van der Waals surface area contributed by atoms with Crippen molar-refractivity contribution in [3.05, 3.63) is 58.2 Å². The molecule has 1 aliphatic rings. The molecule has 0 fully saturated rings. The highest BCUT2D eigenvalue weighted by atomic mass is 16.5. The second-order valence-electron chi connectivity index (χ2n) is 7.79. The number of anilines is 1. The van der Waals surface area contributed by atoms with Crippen molar-refractivity contribution in [3.8, 4) is 5.75 Å². The molecule has 29 heavy (non-hydrogen) atoms. The molecule has 1 aliphatic carbocycles. The summed E-state index contributed by atoms with van der Waals surface area (Å²) in [7, 11) is 1.65. The van der Waals surface area contributed by atoms with E-state index in [1.165, 1.54) is 0 Å². The van der Waals surface area contributed by atoms with Crippen LogP contribution in [-0.4, -0.2) is 28.0 Å². The molecule has 152 valence electrons. The Bertz CT molecular complexity index is 1030. The van der Waals surface area contributed by atoms with Gasteiger partial charge in [-0.1, -0.05) is 24.2 Å². The summed E-state index contributed by atoms with van der Waals surface area (Å²) in [6.07, 6.45) is 2.74. The maximum atomic E-state index is 12.9. The van der Waals surface area contributed by atoms with Gasteiger partial charge in [-0.3, -0.25) is 9.48 Å². The van der Waals surface area contributed by atoms with Gasteiger partial charge in [-0.15, -0.1) is 0 Å². The van der Waals surface area contributed by atoms with Crippen LogP contribution in [0, 0.1) is 19.8 Å². The minimum atomic E-state index is -0.237. The minimum absolute atomic E-state index is 0.237. The predicted molar refractivity (Wildman–Crippen MR) is 109 cm³/mol. The number of nitrogens with zero attached hydrogens (tertiary/aromatic N) is 3. The molecule has 3 aromatic rings. The van der Waals surface area contributed by atoms with Crippen LogP contribution in [0.25, 0.3) is 0 Å². The van der Waals surface area contributed by atoms with Crippen molar-refractivity contribution in [2.24, 2.45) is 5.92 Å². The van der Waals surface area contributed by atoms with E-state index in [9.17, 15) is 4.79 Å². The summed E-state index contributed by atoms with van der Waals surface area (Å²) < 4.78 is 12.5. The van der Waals surface area contributed by atoms with Crippen LogP contribution in [0.3, 0.4) is 0 Å². The van der Waals surface area contributed by atoms with E-state index in [4.69, 9.17) is 9.26 Å². The molecule has 0 radical (unpaired) electrons. The van der Waals surface area contributed by atoms with E-state index in [-0.39, 0.29) is 5.91 Å². The molecular formula is C22H26N4O3. The first-order valence-electron chi connectivity index (χ1n) is 9.92. The number of aryl methyl sites for hydroxylation is 2. The molecule has 1 atom stereocenters. The fourth-order valence-corrected chi connectivity index (χ4v) is 3.86. The lowest BCUT2D eigenvalue weighted by atomic mass is 9.88. The van der Waals surface area contributed by atoms with Crippen molar-refractivity contribution in [2.45, 2.75) is 46.6 Å². The zero-order valence-electron chi connectivity index (χ0n) is 17.3. The number of rotatable bonds is 5. The van der Waals surface area contributed by atoms with Gasteiger partial charge in [0.05, 0.1) is 30.7 Å². The molecule has 4 rings (SSSR count). The van der Waals surface area contributed by atoms with Crippen LogP contribution in [-0.2, 0) is 19.4 Å². The van der Waals surface area contributed by atoms with E-state index >= 15 is 0 Å². The normalized spacial score (nSPS) is 15.8. The number of hydrogen-bond donors (Lipinski definition) is 1. The van der Waals surface area contributed by atoms with E-state index in [1.54, 1.807) is 7.11 Å². The van der Waals surface area contributed by atoms with Crippen molar-refractivity contribution in [1.29, 1.82) is 0 Å². The average Bonchev–Trinajstić information content (AvgIpc) is 3.24.